The van der Waals surface area contributed by atoms with Gasteiger partial charge in [-0.2, -0.15) is 13.2 Å². The highest BCUT2D eigenvalue weighted by atomic mass is 127. The molecular weight excluding hydrogens is 490 g/mol. The van der Waals surface area contributed by atoms with Crippen molar-refractivity contribution in [1.29, 1.82) is 0 Å². The Balaban J connectivity index is 0.00000676. The Labute approximate surface area is 181 Å². The van der Waals surface area contributed by atoms with Crippen LogP contribution in [0.15, 0.2) is 10.4 Å². The first-order valence-corrected chi connectivity index (χ1v) is 9.86. The van der Waals surface area contributed by atoms with Crippen LogP contribution >= 0.6 is 35.3 Å². The minimum atomic E-state index is -4.37. The second-order valence-corrected chi connectivity index (χ2v) is 7.29. The van der Waals surface area contributed by atoms with Gasteiger partial charge in [0.05, 0.1) is 5.01 Å². The highest BCUT2D eigenvalue weighted by molar-refractivity contribution is 14.0. The average Bonchev–Trinajstić information content (AvgIpc) is 3.03. The molecule has 0 aliphatic heterocycles. The minimum Gasteiger partial charge on any atom is -0.357 e. The van der Waals surface area contributed by atoms with E-state index in [1.54, 1.807) is 0 Å². The van der Waals surface area contributed by atoms with Crippen molar-refractivity contribution >= 4 is 41.3 Å². The first-order valence-electron chi connectivity index (χ1n) is 8.98. The van der Waals surface area contributed by atoms with E-state index in [0.717, 1.165) is 49.2 Å². The third kappa shape index (κ3) is 11.1. The first-order chi connectivity index (χ1) is 12.2. The number of guanidine groups is 1. The molecule has 0 aliphatic rings. The molecule has 0 unspecified atom stereocenters. The monoisotopic (exact) mass is 521 g/mol. The van der Waals surface area contributed by atoms with E-state index in [9.17, 15) is 13.2 Å². The Morgan fingerprint density at radius 1 is 1.30 bits per heavy atom. The summed E-state index contributed by atoms with van der Waals surface area (Å²) >= 11 is 1.03. The fourth-order valence-corrected chi connectivity index (χ4v) is 2.91. The molecule has 158 valence electrons. The molecular formula is C17H31F3IN5S. The molecule has 0 spiro atoms. The van der Waals surface area contributed by atoms with Gasteiger partial charge in [-0.15, -0.1) is 35.3 Å². The predicted molar refractivity (Wildman–Crippen MR) is 117 cm³/mol. The summed E-state index contributed by atoms with van der Waals surface area (Å²) in [7, 11) is 2.11. The van der Waals surface area contributed by atoms with Crippen LogP contribution in [0.2, 0.25) is 0 Å². The van der Waals surface area contributed by atoms with Gasteiger partial charge in [0.1, 0.15) is 0 Å². The smallest absolute Gasteiger partial charge is 0.357 e. The van der Waals surface area contributed by atoms with Crippen LogP contribution in [0, 0.1) is 0 Å². The lowest BCUT2D eigenvalue weighted by molar-refractivity contribution is -0.140. The molecule has 0 saturated carbocycles. The van der Waals surface area contributed by atoms with E-state index in [-0.39, 0.29) is 24.0 Å². The molecule has 0 aromatic carbocycles. The Kier molecular flexibility index (Phi) is 13.2. The van der Waals surface area contributed by atoms with Gasteiger partial charge >= 0.3 is 6.18 Å². The summed E-state index contributed by atoms with van der Waals surface area (Å²) in [4.78, 5) is 10.4. The van der Waals surface area contributed by atoms with Crippen LogP contribution in [0.25, 0.3) is 0 Å². The zero-order chi connectivity index (χ0) is 19.6. The maximum Gasteiger partial charge on any atom is 0.434 e. The lowest BCUT2D eigenvalue weighted by atomic mass is 10.2. The molecule has 0 amide bonds. The normalized spacial score (nSPS) is 12.4. The van der Waals surface area contributed by atoms with Gasteiger partial charge < -0.3 is 15.5 Å². The van der Waals surface area contributed by atoms with Crippen molar-refractivity contribution < 1.29 is 13.2 Å². The van der Waals surface area contributed by atoms with Crippen LogP contribution < -0.4 is 10.6 Å². The average molecular weight is 521 g/mol. The van der Waals surface area contributed by atoms with Crippen molar-refractivity contribution in [2.24, 2.45) is 4.99 Å². The maximum atomic E-state index is 12.5. The minimum absolute atomic E-state index is 0. The van der Waals surface area contributed by atoms with Crippen LogP contribution in [0.3, 0.4) is 0 Å². The number of thiazole rings is 1. The van der Waals surface area contributed by atoms with E-state index in [1.807, 2.05) is 6.92 Å². The molecule has 27 heavy (non-hydrogen) atoms. The van der Waals surface area contributed by atoms with E-state index >= 15 is 0 Å². The maximum absolute atomic E-state index is 12.5. The summed E-state index contributed by atoms with van der Waals surface area (Å²) in [5, 5.41) is 7.82. The van der Waals surface area contributed by atoms with E-state index in [0.29, 0.717) is 30.0 Å². The van der Waals surface area contributed by atoms with E-state index in [4.69, 9.17) is 0 Å². The summed E-state index contributed by atoms with van der Waals surface area (Å²) in [6, 6.07) is 0.543. The van der Waals surface area contributed by atoms with Gasteiger partial charge in [0.2, 0.25) is 0 Å². The molecule has 1 aromatic rings. The van der Waals surface area contributed by atoms with Crippen LogP contribution in [0.5, 0.6) is 0 Å². The van der Waals surface area contributed by atoms with Crippen LogP contribution in [0.1, 0.15) is 44.3 Å². The topological polar surface area (TPSA) is 52.6 Å². The van der Waals surface area contributed by atoms with Gasteiger partial charge in [-0.05, 0) is 47.2 Å². The fourth-order valence-electron chi connectivity index (χ4n) is 2.11. The Hall–Kier alpha value is -0.620. The summed E-state index contributed by atoms with van der Waals surface area (Å²) in [6.07, 6.45) is -1.86. The molecule has 5 nitrogen and oxygen atoms in total. The zero-order valence-corrected chi connectivity index (χ0v) is 19.5. The number of alkyl halides is 3. The van der Waals surface area contributed by atoms with Gasteiger partial charge in [0.25, 0.3) is 0 Å². The second-order valence-electron chi connectivity index (χ2n) is 6.34. The molecule has 2 N–H and O–H groups in total. The number of rotatable bonds is 10. The summed E-state index contributed by atoms with van der Waals surface area (Å²) < 4.78 is 37.6. The molecule has 0 saturated heterocycles. The van der Waals surface area contributed by atoms with Gasteiger partial charge in [-0.25, -0.2) is 4.98 Å². The number of aromatic nitrogens is 1. The molecule has 0 radical (unpaired) electrons. The highest BCUT2D eigenvalue weighted by Gasteiger charge is 2.33. The molecule has 0 bridgehead atoms. The molecule has 0 atom stereocenters. The van der Waals surface area contributed by atoms with Crippen molar-refractivity contribution in [3.05, 3.63) is 16.1 Å². The Morgan fingerprint density at radius 2 is 2.00 bits per heavy atom. The number of aliphatic imine (C=N–C) groups is 1. The highest BCUT2D eigenvalue weighted by Crippen LogP contribution is 2.29. The quantitative estimate of drug-likeness (QED) is 0.212. The van der Waals surface area contributed by atoms with Crippen LogP contribution in [-0.2, 0) is 12.6 Å². The lowest BCUT2D eigenvalue weighted by Crippen LogP contribution is -2.38. The lowest BCUT2D eigenvalue weighted by Gasteiger charge is -2.20. The van der Waals surface area contributed by atoms with E-state index in [1.165, 1.54) is 0 Å². The molecule has 0 fully saturated rings. The van der Waals surface area contributed by atoms with Crippen molar-refractivity contribution in [3.63, 3.8) is 0 Å². The third-order valence-electron chi connectivity index (χ3n) is 3.89. The molecule has 0 aliphatic carbocycles. The zero-order valence-electron chi connectivity index (χ0n) is 16.4. The second kappa shape index (κ2) is 13.5. The number of nitrogens with zero attached hydrogens (tertiary/aromatic N) is 3. The van der Waals surface area contributed by atoms with Crippen molar-refractivity contribution in [1.82, 2.24) is 20.5 Å². The largest absolute Gasteiger partial charge is 0.434 e. The van der Waals surface area contributed by atoms with Gasteiger partial charge in [0, 0.05) is 37.5 Å². The predicted octanol–water partition coefficient (Wildman–Crippen LogP) is 4.00. The number of halogens is 4. The molecule has 1 rings (SSSR count). The number of unbranched alkanes of at least 4 members (excludes halogenated alkanes) is 1. The Morgan fingerprint density at radius 3 is 2.56 bits per heavy atom. The fraction of sp³-hybridized carbons (Fsp3) is 0.765. The van der Waals surface area contributed by atoms with E-state index in [2.05, 4.69) is 46.4 Å². The first kappa shape index (κ1) is 26.4. The SMILES string of the molecule is CCNC(=NCCCCN(C)C(C)C)NCCc1nc(C(F)(F)F)cs1.I. The molecule has 1 aromatic heterocycles. The van der Waals surface area contributed by atoms with Crippen LogP contribution in [0.4, 0.5) is 13.2 Å². The summed E-state index contributed by atoms with van der Waals surface area (Å²) in [5.74, 6) is 0.692. The number of hydrogen-bond acceptors (Lipinski definition) is 4. The van der Waals surface area contributed by atoms with Crippen molar-refractivity contribution in [3.8, 4) is 0 Å². The number of hydrogen-bond donors (Lipinski definition) is 2. The van der Waals surface area contributed by atoms with Gasteiger partial charge in [-0.3, -0.25) is 4.99 Å². The van der Waals surface area contributed by atoms with Gasteiger partial charge in [0.15, 0.2) is 11.7 Å². The molecule has 1 heterocycles. The van der Waals surface area contributed by atoms with Crippen LogP contribution in [-0.4, -0.2) is 55.1 Å². The van der Waals surface area contributed by atoms with E-state index < -0.39 is 11.9 Å². The summed E-state index contributed by atoms with van der Waals surface area (Å²) in [5.41, 5.74) is -0.815. The third-order valence-corrected chi connectivity index (χ3v) is 4.80. The standard InChI is InChI=1S/C17H30F3N5S.HI/c1-5-21-16(22-9-6-7-11-25(4)13(2)3)23-10-8-15-24-14(12-26-15)17(18,19)20;/h12-13H,5-11H2,1-4H3,(H2,21,22,23);1H. The molecule has 10 heteroatoms. The van der Waals surface area contributed by atoms with Crippen molar-refractivity contribution in [2.75, 3.05) is 33.2 Å². The van der Waals surface area contributed by atoms with Crippen molar-refractivity contribution in [2.45, 2.75) is 52.3 Å². The Bertz CT molecular complexity index is 549. The number of nitrogens with one attached hydrogen (secondary N) is 2. The van der Waals surface area contributed by atoms with Gasteiger partial charge in [-0.1, -0.05) is 0 Å². The summed E-state index contributed by atoms with van der Waals surface area (Å²) in [6.45, 7) is 9.31.